The summed E-state index contributed by atoms with van der Waals surface area (Å²) in [6.45, 7) is 0. The van der Waals surface area contributed by atoms with Gasteiger partial charge in [-0.25, -0.2) is 4.98 Å². The van der Waals surface area contributed by atoms with Crippen LogP contribution in [0.25, 0.3) is 0 Å². The molecule has 0 amide bonds. The van der Waals surface area contributed by atoms with Gasteiger partial charge in [0.15, 0.2) is 5.13 Å². The molecule has 5 heteroatoms. The van der Waals surface area contributed by atoms with E-state index in [2.05, 4.69) is 9.72 Å². The largest absolute Gasteiger partial charge is 0.469 e. The maximum absolute atomic E-state index is 12.6. The van der Waals surface area contributed by atoms with Crippen LogP contribution in [0.1, 0.15) is 5.69 Å². The number of carbonyl (C=O) groups is 1. The molecule has 0 saturated carbocycles. The molecule has 11 heavy (non-hydrogen) atoms. The zero-order valence-corrected chi connectivity index (χ0v) is 6.65. The molecule has 1 rings (SSSR count). The lowest BCUT2D eigenvalue weighted by atomic mass is 10.3. The Hall–Kier alpha value is -0.970. The normalized spacial score (nSPS) is 9.64. The van der Waals surface area contributed by atoms with Gasteiger partial charge in [-0.1, -0.05) is 11.3 Å². The first-order chi connectivity index (χ1) is 5.24. The van der Waals surface area contributed by atoms with Gasteiger partial charge in [0.1, 0.15) is 0 Å². The number of hydrogen-bond donors (Lipinski definition) is 0. The molecular formula is C6H6FNO2S. The molecule has 0 aromatic carbocycles. The van der Waals surface area contributed by atoms with Crippen LogP contribution in [0.5, 0.6) is 0 Å². The minimum atomic E-state index is -0.477. The Morgan fingerprint density at radius 1 is 1.91 bits per heavy atom. The highest BCUT2D eigenvalue weighted by molar-refractivity contribution is 7.08. The highest BCUT2D eigenvalue weighted by atomic mass is 32.1. The number of hydrogen-bond acceptors (Lipinski definition) is 4. The van der Waals surface area contributed by atoms with Gasteiger partial charge >= 0.3 is 5.97 Å². The second kappa shape index (κ2) is 3.43. The van der Waals surface area contributed by atoms with E-state index in [-0.39, 0.29) is 12.1 Å². The Morgan fingerprint density at radius 3 is 3.09 bits per heavy atom. The van der Waals surface area contributed by atoms with Crippen LogP contribution in [-0.4, -0.2) is 18.1 Å². The minimum absolute atomic E-state index is 0.0914. The van der Waals surface area contributed by atoms with Crippen molar-refractivity contribution in [2.45, 2.75) is 6.42 Å². The quantitative estimate of drug-likeness (QED) is 0.629. The van der Waals surface area contributed by atoms with Crippen molar-refractivity contribution in [2.24, 2.45) is 0 Å². The molecule has 0 N–H and O–H groups in total. The minimum Gasteiger partial charge on any atom is -0.469 e. The number of esters is 1. The van der Waals surface area contributed by atoms with Crippen LogP contribution in [-0.2, 0) is 16.0 Å². The Bertz CT molecular complexity index is 261. The van der Waals surface area contributed by atoms with E-state index in [0.717, 1.165) is 11.3 Å². The van der Waals surface area contributed by atoms with E-state index in [1.54, 1.807) is 0 Å². The summed E-state index contributed by atoms with van der Waals surface area (Å²) in [5.74, 6) is -0.477. The number of halogens is 1. The lowest BCUT2D eigenvalue weighted by Crippen LogP contribution is -2.05. The first-order valence-electron chi connectivity index (χ1n) is 2.88. The summed E-state index contributed by atoms with van der Waals surface area (Å²) in [7, 11) is 1.26. The van der Waals surface area contributed by atoms with Gasteiger partial charge in [-0.15, -0.1) is 0 Å². The van der Waals surface area contributed by atoms with Crippen molar-refractivity contribution in [3.05, 3.63) is 16.3 Å². The molecule has 0 aliphatic carbocycles. The van der Waals surface area contributed by atoms with E-state index in [1.807, 2.05) is 0 Å². The van der Waals surface area contributed by atoms with E-state index in [4.69, 9.17) is 0 Å². The summed E-state index contributed by atoms with van der Waals surface area (Å²) in [6, 6.07) is 0. The van der Waals surface area contributed by atoms with Crippen LogP contribution >= 0.6 is 11.3 Å². The summed E-state index contributed by atoms with van der Waals surface area (Å²) in [5.41, 5.74) is 1.51. The molecular weight excluding hydrogens is 169 g/mol. The van der Waals surface area contributed by atoms with E-state index in [1.165, 1.54) is 12.6 Å². The van der Waals surface area contributed by atoms with Crippen LogP contribution < -0.4 is 0 Å². The summed E-state index contributed by atoms with van der Waals surface area (Å²) in [6.07, 6.45) is -0.0914. The first kappa shape index (κ1) is 8.13. The Morgan fingerprint density at radius 2 is 2.64 bits per heavy atom. The van der Waals surface area contributed by atoms with Gasteiger partial charge in [0.05, 0.1) is 24.7 Å². The average Bonchev–Trinajstić information content (AvgIpc) is 2.37. The lowest BCUT2D eigenvalue weighted by Gasteiger charge is -1.93. The molecule has 0 spiro atoms. The van der Waals surface area contributed by atoms with Crippen LogP contribution in [0, 0.1) is 5.13 Å². The standard InChI is InChI=1S/C6H6FNO2S/c1-10-5(9)2-4-6(7)11-3-8-4/h3H,2H2,1H3. The first-order valence-corrected chi connectivity index (χ1v) is 3.76. The van der Waals surface area contributed by atoms with Gasteiger partial charge in [0, 0.05) is 0 Å². The third-order valence-corrected chi connectivity index (χ3v) is 1.78. The van der Waals surface area contributed by atoms with Gasteiger partial charge in [0.25, 0.3) is 0 Å². The van der Waals surface area contributed by atoms with Crippen molar-refractivity contribution < 1.29 is 13.9 Å². The molecule has 0 bridgehead atoms. The zero-order chi connectivity index (χ0) is 8.27. The van der Waals surface area contributed by atoms with Gasteiger partial charge < -0.3 is 4.74 Å². The second-order valence-corrected chi connectivity index (χ2v) is 2.63. The fraction of sp³-hybridized carbons (Fsp3) is 0.333. The molecule has 0 saturated heterocycles. The molecule has 3 nitrogen and oxygen atoms in total. The summed E-state index contributed by atoms with van der Waals surface area (Å²) >= 11 is 0.871. The lowest BCUT2D eigenvalue weighted by molar-refractivity contribution is -0.139. The van der Waals surface area contributed by atoms with Crippen molar-refractivity contribution in [3.8, 4) is 0 Å². The fourth-order valence-electron chi connectivity index (χ4n) is 0.579. The monoisotopic (exact) mass is 175 g/mol. The van der Waals surface area contributed by atoms with Gasteiger partial charge in [-0.3, -0.25) is 4.79 Å². The highest BCUT2D eigenvalue weighted by Crippen LogP contribution is 2.10. The van der Waals surface area contributed by atoms with Gasteiger partial charge in [0.2, 0.25) is 0 Å². The van der Waals surface area contributed by atoms with Crippen molar-refractivity contribution >= 4 is 17.3 Å². The van der Waals surface area contributed by atoms with E-state index in [9.17, 15) is 9.18 Å². The number of thiazole rings is 1. The number of nitrogens with zero attached hydrogens (tertiary/aromatic N) is 1. The molecule has 0 aliphatic heterocycles. The van der Waals surface area contributed by atoms with Crippen LogP contribution in [0.3, 0.4) is 0 Å². The fourth-order valence-corrected chi connectivity index (χ4v) is 1.11. The Balaban J connectivity index is 2.64. The molecule has 0 radical (unpaired) electrons. The number of ether oxygens (including phenoxy) is 1. The predicted molar refractivity (Wildman–Crippen MR) is 37.8 cm³/mol. The van der Waals surface area contributed by atoms with E-state index in [0.29, 0.717) is 0 Å². The molecule has 1 heterocycles. The number of aromatic nitrogens is 1. The summed E-state index contributed by atoms with van der Waals surface area (Å²) < 4.78 is 16.9. The smallest absolute Gasteiger partial charge is 0.311 e. The molecule has 0 aliphatic rings. The maximum atomic E-state index is 12.6. The van der Waals surface area contributed by atoms with Gasteiger partial charge in [-0.05, 0) is 0 Å². The molecule has 0 fully saturated rings. The SMILES string of the molecule is COC(=O)Cc1ncsc1F. The van der Waals surface area contributed by atoms with Crippen molar-refractivity contribution in [1.29, 1.82) is 0 Å². The second-order valence-electron chi connectivity index (χ2n) is 1.83. The average molecular weight is 175 g/mol. The molecule has 0 unspecified atom stereocenters. The Kier molecular flexibility index (Phi) is 2.53. The van der Waals surface area contributed by atoms with Gasteiger partial charge in [-0.2, -0.15) is 4.39 Å². The molecule has 0 atom stereocenters. The van der Waals surface area contributed by atoms with Crippen LogP contribution in [0.15, 0.2) is 5.51 Å². The zero-order valence-electron chi connectivity index (χ0n) is 5.83. The molecule has 1 aromatic rings. The topological polar surface area (TPSA) is 39.2 Å². The number of carbonyl (C=O) groups excluding carboxylic acids is 1. The number of methoxy groups -OCH3 is 1. The molecule has 1 aromatic heterocycles. The van der Waals surface area contributed by atoms with Crippen LogP contribution in [0.2, 0.25) is 0 Å². The van der Waals surface area contributed by atoms with Crippen molar-refractivity contribution in [3.63, 3.8) is 0 Å². The highest BCUT2D eigenvalue weighted by Gasteiger charge is 2.10. The third-order valence-electron chi connectivity index (χ3n) is 1.13. The third kappa shape index (κ3) is 1.98. The van der Waals surface area contributed by atoms with Crippen molar-refractivity contribution in [1.82, 2.24) is 4.98 Å². The van der Waals surface area contributed by atoms with E-state index >= 15 is 0 Å². The Labute approximate surface area is 66.8 Å². The molecule has 60 valence electrons. The predicted octanol–water partition coefficient (Wildman–Crippen LogP) is 0.998. The maximum Gasteiger partial charge on any atom is 0.311 e. The van der Waals surface area contributed by atoms with Crippen LogP contribution in [0.4, 0.5) is 4.39 Å². The van der Waals surface area contributed by atoms with Crippen molar-refractivity contribution in [2.75, 3.05) is 7.11 Å². The van der Waals surface area contributed by atoms with E-state index < -0.39 is 11.1 Å². The number of rotatable bonds is 2. The summed E-state index contributed by atoms with van der Waals surface area (Å²) in [5, 5.41) is -0.421. The summed E-state index contributed by atoms with van der Waals surface area (Å²) in [4.78, 5) is 14.3.